The molecule has 11 heteroatoms. The van der Waals surface area contributed by atoms with Crippen molar-refractivity contribution in [1.82, 2.24) is 10.9 Å². The van der Waals surface area contributed by atoms with Gasteiger partial charge in [0.25, 0.3) is 21.8 Å². The Bertz CT molecular complexity index is 1360. The minimum absolute atomic E-state index is 0.0144. The van der Waals surface area contributed by atoms with Gasteiger partial charge in [0.15, 0.2) is 6.10 Å². The Balaban J connectivity index is 1.69. The molecule has 0 aromatic heterocycles. The average Bonchev–Trinajstić information content (AvgIpc) is 2.88. The fraction of sp³-hybridized carbons (Fsp3) is 0.160. The summed E-state index contributed by atoms with van der Waals surface area (Å²) in [6.07, 6.45) is -1.29. The van der Waals surface area contributed by atoms with Gasteiger partial charge in [0.05, 0.1) is 12.7 Å². The maximum absolute atomic E-state index is 13.0. The van der Waals surface area contributed by atoms with E-state index >= 15 is 0 Å². The van der Waals surface area contributed by atoms with E-state index in [-0.39, 0.29) is 16.2 Å². The highest BCUT2D eigenvalue weighted by Gasteiger charge is 2.25. The van der Waals surface area contributed by atoms with Crippen LogP contribution in [-0.4, -0.2) is 39.4 Å². The van der Waals surface area contributed by atoms with Gasteiger partial charge < -0.3 is 9.47 Å². The number of benzene rings is 3. The minimum atomic E-state index is -4.12. The second-order valence-corrected chi connectivity index (χ2v) is 9.34. The number of nitrogens with one attached hydrogen (secondary N) is 3. The molecule has 0 fully saturated rings. The highest BCUT2D eigenvalue weighted by Crippen LogP contribution is 2.27. The third-order valence-electron chi connectivity index (χ3n) is 4.98. The van der Waals surface area contributed by atoms with Crippen LogP contribution in [-0.2, 0) is 19.6 Å². The Morgan fingerprint density at radius 2 is 1.53 bits per heavy atom. The molecule has 3 N–H and O–H groups in total. The monoisotopic (exact) mass is 511 g/mol. The fourth-order valence-electron chi connectivity index (χ4n) is 3.01. The summed E-state index contributed by atoms with van der Waals surface area (Å²) in [6, 6.07) is 18.6. The number of carbonyl (C=O) groups is 3. The number of hydrazine groups is 1. The van der Waals surface area contributed by atoms with Gasteiger partial charge in [-0.05, 0) is 56.3 Å². The molecule has 3 aromatic carbocycles. The maximum atomic E-state index is 13.0. The molecule has 0 bridgehead atoms. The summed E-state index contributed by atoms with van der Waals surface area (Å²) < 4.78 is 38.7. The van der Waals surface area contributed by atoms with Crippen molar-refractivity contribution in [2.24, 2.45) is 0 Å². The summed E-state index contributed by atoms with van der Waals surface area (Å²) in [5.41, 5.74) is 5.91. The molecule has 3 aromatic rings. The first-order chi connectivity index (χ1) is 17.1. The predicted molar refractivity (Wildman–Crippen MR) is 132 cm³/mol. The second-order valence-electron chi connectivity index (χ2n) is 7.69. The molecule has 0 spiro atoms. The number of ether oxygens (including phenoxy) is 2. The number of esters is 1. The van der Waals surface area contributed by atoms with Crippen molar-refractivity contribution >= 4 is 33.5 Å². The van der Waals surface area contributed by atoms with Crippen LogP contribution in [0.25, 0.3) is 0 Å². The number of carbonyl (C=O) groups excluding carboxylic acids is 3. The quantitative estimate of drug-likeness (QED) is 0.312. The number of sulfonamides is 1. The van der Waals surface area contributed by atoms with Gasteiger partial charge in [-0.2, -0.15) is 0 Å². The van der Waals surface area contributed by atoms with Crippen molar-refractivity contribution in [3.8, 4) is 5.75 Å². The Morgan fingerprint density at radius 3 is 2.17 bits per heavy atom. The highest BCUT2D eigenvalue weighted by molar-refractivity contribution is 7.92. The number of hydrogen-bond donors (Lipinski definition) is 3. The first-order valence-electron chi connectivity index (χ1n) is 10.7. The zero-order chi connectivity index (χ0) is 26.3. The van der Waals surface area contributed by atoms with Gasteiger partial charge in [0, 0.05) is 11.3 Å². The lowest BCUT2D eigenvalue weighted by Gasteiger charge is -2.16. The zero-order valence-corrected chi connectivity index (χ0v) is 20.6. The van der Waals surface area contributed by atoms with E-state index in [1.807, 2.05) is 6.92 Å². The number of aryl methyl sites for hydroxylation is 1. The molecule has 36 heavy (non-hydrogen) atoms. The van der Waals surface area contributed by atoms with Crippen molar-refractivity contribution in [3.63, 3.8) is 0 Å². The largest absolute Gasteiger partial charge is 0.495 e. The Morgan fingerprint density at radius 1 is 0.861 bits per heavy atom. The Labute approximate surface area is 208 Å². The van der Waals surface area contributed by atoms with Crippen molar-refractivity contribution < 1.29 is 32.3 Å². The lowest BCUT2D eigenvalue weighted by molar-refractivity contribution is -0.129. The van der Waals surface area contributed by atoms with Crippen LogP contribution in [0.15, 0.2) is 77.7 Å². The second kappa shape index (κ2) is 11.4. The van der Waals surface area contributed by atoms with Gasteiger partial charge in [-0.15, -0.1) is 0 Å². The van der Waals surface area contributed by atoms with E-state index in [0.29, 0.717) is 11.3 Å². The van der Waals surface area contributed by atoms with Gasteiger partial charge in [0.1, 0.15) is 10.6 Å². The van der Waals surface area contributed by atoms with E-state index in [9.17, 15) is 22.8 Å². The number of methoxy groups -OCH3 is 1. The first-order valence-corrected chi connectivity index (χ1v) is 12.2. The molecule has 0 saturated carbocycles. The summed E-state index contributed by atoms with van der Waals surface area (Å²) in [5, 5.41) is 0. The molecule has 0 radical (unpaired) electrons. The van der Waals surface area contributed by atoms with E-state index in [1.165, 1.54) is 26.2 Å². The fourth-order valence-corrected chi connectivity index (χ4v) is 4.26. The maximum Gasteiger partial charge on any atom is 0.338 e. The van der Waals surface area contributed by atoms with Gasteiger partial charge in [-0.1, -0.05) is 35.9 Å². The van der Waals surface area contributed by atoms with Gasteiger partial charge >= 0.3 is 5.97 Å². The smallest absolute Gasteiger partial charge is 0.338 e. The summed E-state index contributed by atoms with van der Waals surface area (Å²) in [7, 11) is -2.82. The van der Waals surface area contributed by atoms with Crippen molar-refractivity contribution in [3.05, 3.63) is 89.5 Å². The molecular formula is C25H25N3O7S. The number of anilines is 1. The van der Waals surface area contributed by atoms with Crippen LogP contribution in [0.5, 0.6) is 5.75 Å². The van der Waals surface area contributed by atoms with Crippen molar-refractivity contribution in [2.75, 3.05) is 11.8 Å². The third kappa shape index (κ3) is 6.60. The van der Waals surface area contributed by atoms with Crippen LogP contribution in [0.1, 0.15) is 33.2 Å². The highest BCUT2D eigenvalue weighted by atomic mass is 32.2. The van der Waals surface area contributed by atoms with E-state index in [1.54, 1.807) is 54.6 Å². The predicted octanol–water partition coefficient (Wildman–Crippen LogP) is 2.81. The Kier molecular flexibility index (Phi) is 8.28. The van der Waals surface area contributed by atoms with Crippen LogP contribution in [0, 0.1) is 6.92 Å². The van der Waals surface area contributed by atoms with Crippen molar-refractivity contribution in [1.29, 1.82) is 0 Å². The van der Waals surface area contributed by atoms with Crippen LogP contribution in [0.3, 0.4) is 0 Å². The lowest BCUT2D eigenvalue weighted by atomic mass is 10.2. The third-order valence-corrected chi connectivity index (χ3v) is 6.38. The molecule has 10 nitrogen and oxygen atoms in total. The number of amides is 2. The molecule has 1 atom stereocenters. The molecule has 0 aliphatic carbocycles. The molecule has 3 rings (SSSR count). The van der Waals surface area contributed by atoms with E-state index in [4.69, 9.17) is 9.47 Å². The molecule has 0 heterocycles. The van der Waals surface area contributed by atoms with E-state index in [0.717, 1.165) is 11.6 Å². The van der Waals surface area contributed by atoms with Gasteiger partial charge in [-0.25, -0.2) is 13.2 Å². The minimum Gasteiger partial charge on any atom is -0.495 e. The molecule has 0 unspecified atom stereocenters. The first kappa shape index (κ1) is 26.2. The summed E-state index contributed by atoms with van der Waals surface area (Å²) >= 11 is 0. The molecule has 0 aliphatic rings. The van der Waals surface area contributed by atoms with Gasteiger partial charge in [-0.3, -0.25) is 25.2 Å². The standard InChI is InChI=1S/C25H25N3O7S/c1-16-9-12-20(13-10-16)28-36(32,33)22-15-19(11-14-21(22)34-3)25(31)35-17(2)23(29)26-27-24(30)18-7-5-4-6-8-18/h4-15,17,28H,1-3H3,(H,26,29)(H,27,30)/t17-/m0/s1. The summed E-state index contributed by atoms with van der Waals surface area (Å²) in [6.45, 7) is 3.18. The normalized spacial score (nSPS) is 11.6. The molecular weight excluding hydrogens is 486 g/mol. The molecule has 2 amide bonds. The lowest BCUT2D eigenvalue weighted by Crippen LogP contribution is -2.46. The van der Waals surface area contributed by atoms with Gasteiger partial charge in [0.2, 0.25) is 0 Å². The van der Waals surface area contributed by atoms with Crippen LogP contribution in [0.2, 0.25) is 0 Å². The van der Waals surface area contributed by atoms with Crippen LogP contribution in [0.4, 0.5) is 5.69 Å². The molecule has 0 saturated heterocycles. The average molecular weight is 512 g/mol. The molecule has 0 aliphatic heterocycles. The number of rotatable bonds is 8. The summed E-state index contributed by atoms with van der Waals surface area (Å²) in [5.74, 6) is -2.26. The van der Waals surface area contributed by atoms with Crippen LogP contribution >= 0.6 is 0 Å². The number of hydrogen-bond acceptors (Lipinski definition) is 7. The summed E-state index contributed by atoms with van der Waals surface area (Å²) in [4.78, 5) is 36.7. The van der Waals surface area contributed by atoms with E-state index < -0.39 is 33.9 Å². The topological polar surface area (TPSA) is 140 Å². The van der Waals surface area contributed by atoms with Crippen LogP contribution < -0.4 is 20.3 Å². The molecule has 188 valence electrons. The van der Waals surface area contributed by atoms with E-state index in [2.05, 4.69) is 15.6 Å². The Hall–Kier alpha value is -4.38. The zero-order valence-electron chi connectivity index (χ0n) is 19.8. The van der Waals surface area contributed by atoms with Crippen molar-refractivity contribution in [2.45, 2.75) is 24.8 Å². The SMILES string of the molecule is COc1ccc(C(=O)O[C@@H](C)C(=O)NNC(=O)c2ccccc2)cc1S(=O)(=O)Nc1ccc(C)cc1.